The minimum Gasteiger partial charge on any atom is -0.333 e. The molecule has 0 fully saturated rings. The first-order valence-electron chi connectivity index (χ1n) is 7.49. The molecule has 0 spiro atoms. The number of hydrogen-bond acceptors (Lipinski definition) is 2. The molecule has 0 aliphatic carbocycles. The van der Waals surface area contributed by atoms with E-state index < -0.39 is 0 Å². The van der Waals surface area contributed by atoms with E-state index in [9.17, 15) is 9.59 Å². The quantitative estimate of drug-likeness (QED) is 0.841. The van der Waals surface area contributed by atoms with Gasteiger partial charge in [0.1, 0.15) is 0 Å². The summed E-state index contributed by atoms with van der Waals surface area (Å²) in [4.78, 5) is 25.4. The summed E-state index contributed by atoms with van der Waals surface area (Å²) in [6.07, 6.45) is 0.633. The molecule has 0 heterocycles. The van der Waals surface area contributed by atoms with Crippen molar-refractivity contribution in [1.82, 2.24) is 4.90 Å². The molecule has 0 bridgehead atoms. The van der Waals surface area contributed by atoms with E-state index in [1.165, 1.54) is 11.8 Å². The number of anilines is 1. The highest BCUT2D eigenvalue weighted by Gasteiger charge is 2.14. The summed E-state index contributed by atoms with van der Waals surface area (Å²) in [6.45, 7) is 1.90. The van der Waals surface area contributed by atoms with E-state index in [-0.39, 0.29) is 18.4 Å². The molecule has 2 rings (SSSR count). The van der Waals surface area contributed by atoms with E-state index in [2.05, 4.69) is 5.32 Å². The van der Waals surface area contributed by atoms with E-state index in [1.807, 2.05) is 18.2 Å². The molecule has 4 nitrogen and oxygen atoms in total. The standard InChI is InChI=1S/C18H18Cl2N2O2/c1-13(23)22(10-9-14-3-2-4-16(20)11-14)12-18(24)21-17-7-5-15(19)6-8-17/h2-8,11H,9-10,12H2,1H3,(H,21,24). The van der Waals surface area contributed by atoms with E-state index >= 15 is 0 Å². The van der Waals surface area contributed by atoms with Crippen LogP contribution < -0.4 is 5.32 Å². The molecule has 0 atom stereocenters. The molecule has 0 saturated heterocycles. The van der Waals surface area contributed by atoms with Crippen LogP contribution in [0.3, 0.4) is 0 Å². The minimum atomic E-state index is -0.251. The molecule has 0 aliphatic rings. The van der Waals surface area contributed by atoms with Gasteiger partial charge in [-0.15, -0.1) is 0 Å². The van der Waals surface area contributed by atoms with Gasteiger partial charge in [0, 0.05) is 29.2 Å². The van der Waals surface area contributed by atoms with Gasteiger partial charge in [-0.3, -0.25) is 9.59 Å². The first-order valence-corrected chi connectivity index (χ1v) is 8.25. The van der Waals surface area contributed by atoms with Crippen LogP contribution in [0.15, 0.2) is 48.5 Å². The average molecular weight is 365 g/mol. The minimum absolute atomic E-state index is 0.00146. The maximum absolute atomic E-state index is 12.1. The van der Waals surface area contributed by atoms with Crippen LogP contribution in [0.25, 0.3) is 0 Å². The van der Waals surface area contributed by atoms with Crippen molar-refractivity contribution in [2.45, 2.75) is 13.3 Å². The van der Waals surface area contributed by atoms with Gasteiger partial charge in [-0.2, -0.15) is 0 Å². The summed E-state index contributed by atoms with van der Waals surface area (Å²) in [5.74, 6) is -0.401. The Morgan fingerprint density at radius 3 is 2.38 bits per heavy atom. The molecule has 0 aliphatic heterocycles. The second-order valence-electron chi connectivity index (χ2n) is 5.38. The Balaban J connectivity index is 1.91. The fourth-order valence-electron chi connectivity index (χ4n) is 2.21. The van der Waals surface area contributed by atoms with Crippen molar-refractivity contribution in [3.8, 4) is 0 Å². The number of carbonyl (C=O) groups excluding carboxylic acids is 2. The van der Waals surface area contributed by atoms with Crippen LogP contribution in [0.5, 0.6) is 0 Å². The van der Waals surface area contributed by atoms with Crippen LogP contribution in [0.1, 0.15) is 12.5 Å². The zero-order valence-electron chi connectivity index (χ0n) is 13.3. The third-order valence-electron chi connectivity index (χ3n) is 3.47. The molecular formula is C18H18Cl2N2O2. The summed E-state index contributed by atoms with van der Waals surface area (Å²) in [5, 5.41) is 4.00. The van der Waals surface area contributed by atoms with Crippen LogP contribution in [0, 0.1) is 0 Å². The van der Waals surface area contributed by atoms with Gasteiger partial charge in [-0.05, 0) is 48.4 Å². The normalized spacial score (nSPS) is 10.3. The first-order chi connectivity index (χ1) is 11.4. The monoisotopic (exact) mass is 364 g/mol. The van der Waals surface area contributed by atoms with Gasteiger partial charge < -0.3 is 10.2 Å². The third kappa shape index (κ3) is 5.87. The van der Waals surface area contributed by atoms with Gasteiger partial charge in [0.25, 0.3) is 0 Å². The first kappa shape index (κ1) is 18.3. The van der Waals surface area contributed by atoms with Gasteiger partial charge >= 0.3 is 0 Å². The second-order valence-corrected chi connectivity index (χ2v) is 6.25. The predicted octanol–water partition coefficient (Wildman–Crippen LogP) is 4.02. The molecule has 2 aromatic carbocycles. The summed E-state index contributed by atoms with van der Waals surface area (Å²) in [7, 11) is 0. The van der Waals surface area contributed by atoms with E-state index in [0.29, 0.717) is 28.7 Å². The van der Waals surface area contributed by atoms with Crippen molar-refractivity contribution in [3.63, 3.8) is 0 Å². The predicted molar refractivity (Wildman–Crippen MR) is 97.5 cm³/mol. The summed E-state index contributed by atoms with van der Waals surface area (Å²) >= 11 is 11.8. The van der Waals surface area contributed by atoms with E-state index in [1.54, 1.807) is 30.3 Å². The number of benzene rings is 2. The molecule has 0 aromatic heterocycles. The topological polar surface area (TPSA) is 49.4 Å². The summed E-state index contributed by atoms with van der Waals surface area (Å²) < 4.78 is 0. The van der Waals surface area contributed by atoms with Crippen molar-refractivity contribution in [1.29, 1.82) is 0 Å². The smallest absolute Gasteiger partial charge is 0.243 e. The largest absolute Gasteiger partial charge is 0.333 e. The highest BCUT2D eigenvalue weighted by Crippen LogP contribution is 2.14. The summed E-state index contributed by atoms with van der Waals surface area (Å²) in [6, 6.07) is 14.3. The number of nitrogens with zero attached hydrogens (tertiary/aromatic N) is 1. The number of halogens is 2. The maximum atomic E-state index is 12.1. The molecule has 1 N–H and O–H groups in total. The SMILES string of the molecule is CC(=O)N(CCc1cccc(Cl)c1)CC(=O)Nc1ccc(Cl)cc1. The van der Waals surface area contributed by atoms with Crippen molar-refractivity contribution >= 4 is 40.7 Å². The van der Waals surface area contributed by atoms with Crippen molar-refractivity contribution in [2.24, 2.45) is 0 Å². The average Bonchev–Trinajstić information content (AvgIpc) is 2.53. The van der Waals surface area contributed by atoms with Gasteiger partial charge in [0.15, 0.2) is 0 Å². The Labute approximate surface area is 151 Å². The van der Waals surface area contributed by atoms with Crippen LogP contribution in [0.4, 0.5) is 5.69 Å². The highest BCUT2D eigenvalue weighted by atomic mass is 35.5. The van der Waals surface area contributed by atoms with Crippen LogP contribution >= 0.6 is 23.2 Å². The Bertz CT molecular complexity index is 717. The highest BCUT2D eigenvalue weighted by molar-refractivity contribution is 6.30. The van der Waals surface area contributed by atoms with Gasteiger partial charge in [0.05, 0.1) is 6.54 Å². The molecule has 126 valence electrons. The summed E-state index contributed by atoms with van der Waals surface area (Å²) in [5.41, 5.74) is 1.66. The van der Waals surface area contributed by atoms with Crippen LogP contribution in [0.2, 0.25) is 10.0 Å². The lowest BCUT2D eigenvalue weighted by molar-refractivity contribution is -0.132. The number of nitrogens with one attached hydrogen (secondary N) is 1. The Hall–Kier alpha value is -2.04. The Morgan fingerprint density at radius 1 is 1.04 bits per heavy atom. The molecular weight excluding hydrogens is 347 g/mol. The Kier molecular flexibility index (Phi) is 6.64. The zero-order valence-corrected chi connectivity index (χ0v) is 14.8. The maximum Gasteiger partial charge on any atom is 0.243 e. The van der Waals surface area contributed by atoms with Crippen LogP contribution in [-0.4, -0.2) is 29.8 Å². The number of rotatable bonds is 6. The van der Waals surface area contributed by atoms with Gasteiger partial charge in [-0.25, -0.2) is 0 Å². The van der Waals surface area contributed by atoms with E-state index in [0.717, 1.165) is 5.56 Å². The molecule has 6 heteroatoms. The zero-order chi connectivity index (χ0) is 17.5. The number of hydrogen-bond donors (Lipinski definition) is 1. The molecule has 0 unspecified atom stereocenters. The third-order valence-corrected chi connectivity index (χ3v) is 3.95. The number of carbonyl (C=O) groups is 2. The van der Waals surface area contributed by atoms with Gasteiger partial charge in [0.2, 0.25) is 11.8 Å². The van der Waals surface area contributed by atoms with Crippen LogP contribution in [-0.2, 0) is 16.0 Å². The lowest BCUT2D eigenvalue weighted by atomic mass is 10.1. The number of amides is 2. The second kappa shape index (κ2) is 8.71. The molecule has 0 saturated carbocycles. The molecule has 2 aromatic rings. The molecule has 0 radical (unpaired) electrons. The Morgan fingerprint density at radius 2 is 1.75 bits per heavy atom. The van der Waals surface area contributed by atoms with Crippen molar-refractivity contribution < 1.29 is 9.59 Å². The lowest BCUT2D eigenvalue weighted by Gasteiger charge is -2.20. The molecule has 2 amide bonds. The van der Waals surface area contributed by atoms with Crippen molar-refractivity contribution in [3.05, 3.63) is 64.1 Å². The van der Waals surface area contributed by atoms with Crippen molar-refractivity contribution in [2.75, 3.05) is 18.4 Å². The fraction of sp³-hybridized carbons (Fsp3) is 0.222. The molecule has 24 heavy (non-hydrogen) atoms. The van der Waals surface area contributed by atoms with E-state index in [4.69, 9.17) is 23.2 Å². The fourth-order valence-corrected chi connectivity index (χ4v) is 2.55. The lowest BCUT2D eigenvalue weighted by Crippen LogP contribution is -2.38. The van der Waals surface area contributed by atoms with Gasteiger partial charge in [-0.1, -0.05) is 35.3 Å².